The molecular weight excluding hydrogens is 216 g/mol. The molecule has 0 spiro atoms. The van der Waals surface area contributed by atoms with Crippen molar-refractivity contribution >= 4 is 0 Å². The molecule has 1 unspecified atom stereocenters. The molecule has 0 aliphatic heterocycles. The summed E-state index contributed by atoms with van der Waals surface area (Å²) >= 11 is 0. The van der Waals surface area contributed by atoms with E-state index in [-0.39, 0.29) is 0 Å². The number of rotatable bonds is 11. The molecule has 0 heteroatoms. The second-order valence-electron chi connectivity index (χ2n) is 4.80. The summed E-state index contributed by atoms with van der Waals surface area (Å²) < 4.78 is 0. The zero-order chi connectivity index (χ0) is 13.6. The van der Waals surface area contributed by atoms with Gasteiger partial charge in [0.15, 0.2) is 0 Å². The van der Waals surface area contributed by atoms with Gasteiger partial charge in [0.2, 0.25) is 0 Å². The van der Waals surface area contributed by atoms with E-state index < -0.39 is 0 Å². The molecule has 0 bridgehead atoms. The zero-order valence-electron chi connectivity index (χ0n) is 12.3. The molecule has 102 valence electrons. The van der Waals surface area contributed by atoms with Crippen LogP contribution in [0.4, 0.5) is 0 Å². The Labute approximate surface area is 114 Å². The molecular formula is C18H30. The minimum Gasteiger partial charge on any atom is -0.103 e. The van der Waals surface area contributed by atoms with Crippen LogP contribution in [-0.2, 0) is 0 Å². The summed E-state index contributed by atoms with van der Waals surface area (Å²) in [4.78, 5) is 0. The van der Waals surface area contributed by atoms with Gasteiger partial charge in [0, 0.05) is 0 Å². The van der Waals surface area contributed by atoms with Crippen LogP contribution in [0.15, 0.2) is 49.6 Å². The van der Waals surface area contributed by atoms with Crippen molar-refractivity contribution in [1.29, 1.82) is 0 Å². The molecule has 0 aromatic carbocycles. The molecule has 0 nitrogen and oxygen atoms in total. The Bertz CT molecular complexity index is 257. The number of hydrogen-bond acceptors (Lipinski definition) is 0. The lowest BCUT2D eigenvalue weighted by molar-refractivity contribution is 0.464. The zero-order valence-corrected chi connectivity index (χ0v) is 12.3. The lowest BCUT2D eigenvalue weighted by Gasteiger charge is -2.16. The van der Waals surface area contributed by atoms with Crippen molar-refractivity contribution in [1.82, 2.24) is 0 Å². The Balaban J connectivity index is 4.05. The summed E-state index contributed by atoms with van der Waals surface area (Å²) in [6.45, 7) is 12.3. The topological polar surface area (TPSA) is 0 Å². The predicted molar refractivity (Wildman–Crippen MR) is 84.7 cm³/mol. The average Bonchev–Trinajstić information content (AvgIpc) is 2.40. The maximum atomic E-state index is 3.97. The van der Waals surface area contributed by atoms with Crippen molar-refractivity contribution in [2.24, 2.45) is 11.8 Å². The minimum atomic E-state index is 0.589. The molecule has 0 radical (unpaired) electrons. The third kappa shape index (κ3) is 9.04. The van der Waals surface area contributed by atoms with Crippen LogP contribution in [0.25, 0.3) is 0 Å². The van der Waals surface area contributed by atoms with E-state index in [9.17, 15) is 0 Å². The van der Waals surface area contributed by atoms with Crippen molar-refractivity contribution in [2.75, 3.05) is 0 Å². The summed E-state index contributed by atoms with van der Waals surface area (Å²) in [7, 11) is 0. The first-order chi connectivity index (χ1) is 8.78. The highest BCUT2D eigenvalue weighted by molar-refractivity contribution is 4.93. The molecule has 18 heavy (non-hydrogen) atoms. The van der Waals surface area contributed by atoms with Crippen LogP contribution in [0.1, 0.15) is 52.4 Å². The van der Waals surface area contributed by atoms with Gasteiger partial charge in [-0.3, -0.25) is 0 Å². The maximum Gasteiger partial charge on any atom is -0.0196 e. The van der Waals surface area contributed by atoms with Gasteiger partial charge < -0.3 is 0 Å². The highest BCUT2D eigenvalue weighted by atomic mass is 14.1. The fourth-order valence-electron chi connectivity index (χ4n) is 2.04. The fraction of sp³-hybridized carbons (Fsp3) is 0.556. The van der Waals surface area contributed by atoms with E-state index in [4.69, 9.17) is 0 Å². The van der Waals surface area contributed by atoms with Gasteiger partial charge in [-0.1, -0.05) is 50.3 Å². The third-order valence-electron chi connectivity index (χ3n) is 3.22. The number of allylic oxidation sites excluding steroid dienone is 6. The van der Waals surface area contributed by atoms with Crippen LogP contribution < -0.4 is 0 Å². The monoisotopic (exact) mass is 246 g/mol. The highest BCUT2D eigenvalue weighted by Crippen LogP contribution is 2.22. The first-order valence-electron chi connectivity index (χ1n) is 7.33. The molecule has 0 saturated carbocycles. The Morgan fingerprint density at radius 3 is 2.00 bits per heavy atom. The van der Waals surface area contributed by atoms with Crippen molar-refractivity contribution in [2.45, 2.75) is 52.4 Å². The average molecular weight is 246 g/mol. The summed E-state index contributed by atoms with van der Waals surface area (Å²) in [6.07, 6.45) is 20.2. The van der Waals surface area contributed by atoms with Gasteiger partial charge in [-0.25, -0.2) is 0 Å². The van der Waals surface area contributed by atoms with Crippen molar-refractivity contribution < 1.29 is 0 Å². The Hall–Kier alpha value is -1.04. The summed E-state index contributed by atoms with van der Waals surface area (Å²) in [6, 6.07) is 0. The van der Waals surface area contributed by atoms with Gasteiger partial charge in [0.05, 0.1) is 0 Å². The Kier molecular flexibility index (Phi) is 11.7. The molecule has 0 heterocycles. The molecule has 2 atom stereocenters. The standard InChI is InChI=1S/C18H30/c1-5-9-11-13-15-18(8-4)16-17(7-3)14-12-10-6-2/h7-12,17-18H,3-6,13-16H2,1-2H3/b11-9-,12-10-/t17-,18?/m0/s1. The van der Waals surface area contributed by atoms with E-state index in [1.165, 1.54) is 19.3 Å². The molecule has 0 rings (SSSR count). The van der Waals surface area contributed by atoms with Crippen molar-refractivity contribution in [3.8, 4) is 0 Å². The fourth-order valence-corrected chi connectivity index (χ4v) is 2.04. The van der Waals surface area contributed by atoms with E-state index in [0.29, 0.717) is 11.8 Å². The maximum absolute atomic E-state index is 3.97. The molecule has 0 aliphatic rings. The van der Waals surface area contributed by atoms with Crippen LogP contribution in [0.5, 0.6) is 0 Å². The smallest absolute Gasteiger partial charge is 0.0196 e. The molecule has 0 aliphatic carbocycles. The molecule has 0 aromatic rings. The van der Waals surface area contributed by atoms with Gasteiger partial charge in [0.25, 0.3) is 0 Å². The Morgan fingerprint density at radius 2 is 1.44 bits per heavy atom. The second-order valence-corrected chi connectivity index (χ2v) is 4.80. The van der Waals surface area contributed by atoms with Crippen molar-refractivity contribution in [3.63, 3.8) is 0 Å². The van der Waals surface area contributed by atoms with Gasteiger partial charge in [-0.2, -0.15) is 0 Å². The first-order valence-corrected chi connectivity index (χ1v) is 7.33. The molecule has 0 amide bonds. The summed E-state index contributed by atoms with van der Waals surface area (Å²) in [5.74, 6) is 1.20. The molecule has 0 saturated heterocycles. The van der Waals surface area contributed by atoms with Gasteiger partial charge in [-0.05, 0) is 50.4 Å². The van der Waals surface area contributed by atoms with Crippen molar-refractivity contribution in [3.05, 3.63) is 49.6 Å². The molecule has 0 fully saturated rings. The van der Waals surface area contributed by atoms with Gasteiger partial charge >= 0.3 is 0 Å². The summed E-state index contributed by atoms with van der Waals surface area (Å²) in [5, 5.41) is 0. The molecule has 0 N–H and O–H groups in total. The van der Waals surface area contributed by atoms with Gasteiger partial charge in [-0.15, -0.1) is 13.2 Å². The van der Waals surface area contributed by atoms with Crippen LogP contribution in [0.3, 0.4) is 0 Å². The SMILES string of the molecule is C=CC(CC/C=C\CC)C[C@@H](C=C)C/C=C\CC. The molecule has 0 aromatic heterocycles. The quantitative estimate of drug-likeness (QED) is 0.387. The van der Waals surface area contributed by atoms with E-state index in [1.807, 2.05) is 0 Å². The van der Waals surface area contributed by atoms with Gasteiger partial charge in [0.1, 0.15) is 0 Å². The first kappa shape index (κ1) is 17.0. The van der Waals surface area contributed by atoms with Crippen LogP contribution in [-0.4, -0.2) is 0 Å². The predicted octanol–water partition coefficient (Wildman–Crippen LogP) is 6.08. The normalized spacial score (nSPS) is 15.0. The lowest BCUT2D eigenvalue weighted by atomic mass is 9.89. The second kappa shape index (κ2) is 12.4. The van der Waals surface area contributed by atoms with Crippen LogP contribution in [0, 0.1) is 11.8 Å². The van der Waals surface area contributed by atoms with E-state index >= 15 is 0 Å². The van der Waals surface area contributed by atoms with E-state index in [0.717, 1.165) is 19.3 Å². The lowest BCUT2D eigenvalue weighted by Crippen LogP contribution is -2.04. The third-order valence-corrected chi connectivity index (χ3v) is 3.22. The van der Waals surface area contributed by atoms with Crippen LogP contribution in [0.2, 0.25) is 0 Å². The summed E-state index contributed by atoms with van der Waals surface area (Å²) in [5.41, 5.74) is 0. The number of hydrogen-bond donors (Lipinski definition) is 0. The van der Waals surface area contributed by atoms with E-state index in [2.05, 4.69) is 63.5 Å². The largest absolute Gasteiger partial charge is 0.103 e. The van der Waals surface area contributed by atoms with Crippen LogP contribution >= 0.6 is 0 Å². The highest BCUT2D eigenvalue weighted by Gasteiger charge is 2.09. The Morgan fingerprint density at radius 1 is 0.833 bits per heavy atom. The minimum absolute atomic E-state index is 0.589. The van der Waals surface area contributed by atoms with E-state index in [1.54, 1.807) is 0 Å².